The molecule has 1 aliphatic heterocycles. The highest BCUT2D eigenvalue weighted by molar-refractivity contribution is 7.92. The predicted octanol–water partition coefficient (Wildman–Crippen LogP) is 3.47. The summed E-state index contributed by atoms with van der Waals surface area (Å²) in [7, 11) is -4.32. The molecular formula is C25H23Cl3N6O5S. The molecule has 4 aromatic rings. The van der Waals surface area contributed by atoms with Gasteiger partial charge < -0.3 is 15.3 Å². The van der Waals surface area contributed by atoms with Crippen LogP contribution in [-0.2, 0) is 14.8 Å². The number of carboxylic acid groups (broad SMARTS) is 1. The van der Waals surface area contributed by atoms with Gasteiger partial charge >= 0.3 is 5.97 Å². The van der Waals surface area contributed by atoms with Gasteiger partial charge in [0.25, 0.3) is 15.9 Å². The highest BCUT2D eigenvalue weighted by atomic mass is 35.5. The molecule has 5 rings (SSSR count). The largest absolute Gasteiger partial charge is 0.480 e. The second-order valence-electron chi connectivity index (χ2n) is 8.74. The van der Waals surface area contributed by atoms with E-state index in [1.807, 2.05) is 0 Å². The Balaban J connectivity index is 0.00000370. The number of piperazine rings is 1. The van der Waals surface area contributed by atoms with E-state index in [4.69, 9.17) is 23.2 Å². The number of rotatable bonds is 7. The van der Waals surface area contributed by atoms with Crippen LogP contribution in [0.1, 0.15) is 10.5 Å². The van der Waals surface area contributed by atoms with Crippen LogP contribution in [0.25, 0.3) is 16.7 Å². The fourth-order valence-electron chi connectivity index (χ4n) is 4.31. The van der Waals surface area contributed by atoms with E-state index >= 15 is 0 Å². The van der Waals surface area contributed by atoms with E-state index in [0.29, 0.717) is 29.8 Å². The van der Waals surface area contributed by atoms with Gasteiger partial charge in [0.15, 0.2) is 5.82 Å². The van der Waals surface area contributed by atoms with E-state index in [-0.39, 0.29) is 44.6 Å². The van der Waals surface area contributed by atoms with Crippen LogP contribution in [0.3, 0.4) is 0 Å². The summed E-state index contributed by atoms with van der Waals surface area (Å²) in [6.07, 6.45) is 4.65. The molecule has 1 saturated heterocycles. The summed E-state index contributed by atoms with van der Waals surface area (Å²) < 4.78 is 29.4. The summed E-state index contributed by atoms with van der Waals surface area (Å²) in [5, 5.41) is 13.5. The van der Waals surface area contributed by atoms with E-state index in [9.17, 15) is 23.1 Å². The van der Waals surface area contributed by atoms with Crippen molar-refractivity contribution in [1.82, 2.24) is 24.8 Å². The lowest BCUT2D eigenvalue weighted by Gasteiger charge is -2.26. The number of carbonyl (C=O) groups excluding carboxylic acids is 1. The number of hydrogen-bond donors (Lipinski definition) is 2. The molecule has 2 aromatic carbocycles. The van der Waals surface area contributed by atoms with Crippen molar-refractivity contribution < 1.29 is 23.1 Å². The van der Waals surface area contributed by atoms with Crippen LogP contribution >= 0.6 is 35.6 Å². The SMILES string of the molecule is Cl.O=C(O)CN(c1ccc2c(ccn2-c2cnc(C(=O)N3CCNCC3)cn2)c1)S(=O)(=O)c1cc(Cl)cc(Cl)c1. The van der Waals surface area contributed by atoms with Crippen LogP contribution in [-0.4, -0.2) is 77.6 Å². The van der Waals surface area contributed by atoms with E-state index in [1.165, 1.54) is 36.7 Å². The maximum absolute atomic E-state index is 13.4. The first kappa shape index (κ1) is 29.6. The summed E-state index contributed by atoms with van der Waals surface area (Å²) in [5.74, 6) is -1.06. The third kappa shape index (κ3) is 6.01. The van der Waals surface area contributed by atoms with Crippen LogP contribution < -0.4 is 9.62 Å². The average Bonchev–Trinajstić information content (AvgIpc) is 3.34. The number of fused-ring (bicyclic) bond motifs is 1. The molecule has 1 amide bonds. The minimum absolute atomic E-state index is 0. The van der Waals surface area contributed by atoms with E-state index in [0.717, 1.165) is 17.4 Å². The van der Waals surface area contributed by atoms with Crippen molar-refractivity contribution in [1.29, 1.82) is 0 Å². The van der Waals surface area contributed by atoms with E-state index in [1.54, 1.807) is 33.9 Å². The minimum Gasteiger partial charge on any atom is -0.480 e. The summed E-state index contributed by atoms with van der Waals surface area (Å²) >= 11 is 12.0. The number of benzene rings is 2. The Morgan fingerprint density at radius 3 is 2.33 bits per heavy atom. The number of anilines is 1. The van der Waals surface area contributed by atoms with Gasteiger partial charge in [-0.2, -0.15) is 0 Å². The first-order valence-corrected chi connectivity index (χ1v) is 14.0. The van der Waals surface area contributed by atoms with Crippen molar-refractivity contribution in [3.05, 3.63) is 76.8 Å². The Labute approximate surface area is 245 Å². The number of halogens is 3. The molecule has 15 heteroatoms. The minimum atomic E-state index is -4.32. The molecule has 1 fully saturated rings. The zero-order valence-corrected chi connectivity index (χ0v) is 23.8. The van der Waals surface area contributed by atoms with Gasteiger partial charge in [-0.1, -0.05) is 23.2 Å². The van der Waals surface area contributed by atoms with E-state index < -0.39 is 22.5 Å². The van der Waals surface area contributed by atoms with Gasteiger partial charge in [0.05, 0.1) is 28.5 Å². The molecule has 40 heavy (non-hydrogen) atoms. The van der Waals surface area contributed by atoms with Gasteiger partial charge in [-0.05, 0) is 42.5 Å². The molecule has 0 saturated carbocycles. The highest BCUT2D eigenvalue weighted by Gasteiger charge is 2.28. The molecule has 11 nitrogen and oxygen atoms in total. The van der Waals surface area contributed by atoms with Gasteiger partial charge in [-0.3, -0.25) is 18.5 Å². The van der Waals surface area contributed by atoms with Crippen molar-refractivity contribution in [2.45, 2.75) is 4.90 Å². The van der Waals surface area contributed by atoms with Crippen LogP contribution in [0.2, 0.25) is 10.0 Å². The Kier molecular flexibility index (Phi) is 8.86. The molecule has 0 radical (unpaired) electrons. The van der Waals surface area contributed by atoms with Crippen LogP contribution in [0.4, 0.5) is 5.69 Å². The number of carboxylic acids is 1. The number of nitrogens with zero attached hydrogens (tertiary/aromatic N) is 5. The van der Waals surface area contributed by atoms with Gasteiger partial charge in [0, 0.05) is 47.8 Å². The van der Waals surface area contributed by atoms with Gasteiger partial charge in [0.2, 0.25) is 0 Å². The monoisotopic (exact) mass is 624 g/mol. The van der Waals surface area contributed by atoms with Gasteiger partial charge in [-0.25, -0.2) is 18.4 Å². The van der Waals surface area contributed by atoms with Crippen molar-refractivity contribution >= 4 is 74.1 Å². The molecule has 0 spiro atoms. The molecule has 210 valence electrons. The quantitative estimate of drug-likeness (QED) is 0.319. The van der Waals surface area contributed by atoms with E-state index in [2.05, 4.69) is 15.3 Å². The Bertz CT molecular complexity index is 1650. The number of sulfonamides is 1. The first-order chi connectivity index (χ1) is 18.6. The lowest BCUT2D eigenvalue weighted by atomic mass is 10.2. The van der Waals surface area contributed by atoms with Crippen LogP contribution in [0, 0.1) is 0 Å². The van der Waals surface area contributed by atoms with Crippen molar-refractivity contribution in [2.24, 2.45) is 0 Å². The summed E-state index contributed by atoms with van der Waals surface area (Å²) in [5.41, 5.74) is 1.06. The second kappa shape index (κ2) is 12.0. The van der Waals surface area contributed by atoms with Crippen LogP contribution in [0.15, 0.2) is 66.0 Å². The summed E-state index contributed by atoms with van der Waals surface area (Å²) in [6.45, 7) is 1.85. The smallest absolute Gasteiger partial charge is 0.324 e. The highest BCUT2D eigenvalue weighted by Crippen LogP contribution is 2.31. The topological polar surface area (TPSA) is 138 Å². The maximum atomic E-state index is 13.4. The average molecular weight is 626 g/mol. The predicted molar refractivity (Wildman–Crippen MR) is 154 cm³/mol. The maximum Gasteiger partial charge on any atom is 0.324 e. The third-order valence-electron chi connectivity index (χ3n) is 6.17. The molecule has 3 heterocycles. The molecule has 0 unspecified atom stereocenters. The molecule has 2 N–H and O–H groups in total. The fraction of sp³-hybridized carbons (Fsp3) is 0.200. The molecule has 2 aromatic heterocycles. The molecule has 0 atom stereocenters. The Morgan fingerprint density at radius 2 is 1.70 bits per heavy atom. The van der Waals surface area contributed by atoms with Crippen molar-refractivity contribution in [3.63, 3.8) is 0 Å². The van der Waals surface area contributed by atoms with Gasteiger partial charge in [-0.15, -0.1) is 12.4 Å². The van der Waals surface area contributed by atoms with Crippen LogP contribution in [0.5, 0.6) is 0 Å². The zero-order valence-electron chi connectivity index (χ0n) is 20.7. The third-order valence-corrected chi connectivity index (χ3v) is 8.36. The zero-order chi connectivity index (χ0) is 27.7. The standard InChI is InChI=1S/C25H22Cl2N6O5S.ClH/c26-17-10-18(27)12-20(11-17)39(37,38)33(15-24(34)35)19-1-2-22-16(9-19)3-6-32(22)23-14-29-21(13-30-23)25(36)31-7-4-28-5-8-31;/h1-3,6,9-14,28H,4-5,7-8,15H2,(H,34,35);1H. The lowest BCUT2D eigenvalue weighted by molar-refractivity contribution is -0.135. The van der Waals surface area contributed by atoms with Gasteiger partial charge in [0.1, 0.15) is 12.2 Å². The number of carbonyl (C=O) groups is 2. The van der Waals surface area contributed by atoms with Crippen molar-refractivity contribution in [3.8, 4) is 5.82 Å². The number of aromatic nitrogens is 3. The second-order valence-corrected chi connectivity index (χ2v) is 11.5. The molecule has 0 aliphatic carbocycles. The first-order valence-electron chi connectivity index (χ1n) is 11.8. The fourth-order valence-corrected chi connectivity index (χ4v) is 6.45. The Morgan fingerprint density at radius 1 is 1.00 bits per heavy atom. The molecule has 1 aliphatic rings. The summed E-state index contributed by atoms with van der Waals surface area (Å²) in [6, 6.07) is 10.3. The number of aliphatic carboxylic acids is 1. The number of amides is 1. The molecule has 0 bridgehead atoms. The normalized spacial score (nSPS) is 13.6. The number of hydrogen-bond acceptors (Lipinski definition) is 7. The number of nitrogens with one attached hydrogen (secondary N) is 1. The Hall–Kier alpha value is -3.42. The van der Waals surface area contributed by atoms with Crippen molar-refractivity contribution in [2.75, 3.05) is 37.0 Å². The lowest BCUT2D eigenvalue weighted by Crippen LogP contribution is -2.46. The summed E-state index contributed by atoms with van der Waals surface area (Å²) in [4.78, 5) is 34.5. The molecular weight excluding hydrogens is 603 g/mol.